The Labute approximate surface area is 96.6 Å². The molecule has 1 aromatic heterocycles. The first-order valence-electron chi connectivity index (χ1n) is 5.39. The van der Waals surface area contributed by atoms with Crippen molar-refractivity contribution in [1.82, 2.24) is 9.78 Å². The Kier molecular flexibility index (Phi) is 3.96. The van der Waals surface area contributed by atoms with E-state index in [9.17, 15) is 8.42 Å². The number of hydrogen-bond acceptors (Lipinski definition) is 4. The van der Waals surface area contributed by atoms with Gasteiger partial charge in [0.2, 0.25) is 0 Å². The van der Waals surface area contributed by atoms with E-state index in [1.807, 2.05) is 13.8 Å². The quantitative estimate of drug-likeness (QED) is 0.840. The van der Waals surface area contributed by atoms with Crippen molar-refractivity contribution in [2.24, 2.45) is 0 Å². The second-order valence-electron chi connectivity index (χ2n) is 4.10. The van der Waals surface area contributed by atoms with Crippen LogP contribution in [0, 0.1) is 0 Å². The van der Waals surface area contributed by atoms with Crippen molar-refractivity contribution in [1.29, 1.82) is 0 Å². The van der Waals surface area contributed by atoms with Crippen molar-refractivity contribution in [3.05, 3.63) is 11.9 Å². The fraction of sp³-hybridized carbons (Fsp3) is 0.700. The summed E-state index contributed by atoms with van der Waals surface area (Å²) in [5.41, 5.74) is 7.32. The molecule has 0 amide bonds. The van der Waals surface area contributed by atoms with Crippen molar-refractivity contribution in [3.8, 4) is 0 Å². The standard InChI is InChI=1S/C10H19N3O2S/c1-4-16(14,15)6-5-13-10(8(2)3)9(11)7-12-13/h7-8H,4-6,11H2,1-3H3. The van der Waals surface area contributed by atoms with Crippen molar-refractivity contribution in [3.63, 3.8) is 0 Å². The van der Waals surface area contributed by atoms with Crippen molar-refractivity contribution >= 4 is 15.5 Å². The maximum Gasteiger partial charge on any atom is 0.151 e. The molecule has 0 radical (unpaired) electrons. The lowest BCUT2D eigenvalue weighted by molar-refractivity contribution is 0.567. The van der Waals surface area contributed by atoms with Gasteiger partial charge in [-0.05, 0) is 5.92 Å². The van der Waals surface area contributed by atoms with E-state index in [1.54, 1.807) is 17.8 Å². The zero-order chi connectivity index (χ0) is 12.3. The molecule has 0 saturated heterocycles. The smallest absolute Gasteiger partial charge is 0.151 e. The topological polar surface area (TPSA) is 78.0 Å². The molecule has 0 spiro atoms. The third-order valence-corrected chi connectivity index (χ3v) is 4.20. The number of aromatic nitrogens is 2. The summed E-state index contributed by atoms with van der Waals surface area (Å²) < 4.78 is 24.5. The summed E-state index contributed by atoms with van der Waals surface area (Å²) in [6, 6.07) is 0. The van der Waals surface area contributed by atoms with Gasteiger partial charge in [0.15, 0.2) is 9.84 Å². The number of anilines is 1. The number of sulfone groups is 1. The van der Waals surface area contributed by atoms with Crippen LogP contribution in [0.4, 0.5) is 5.69 Å². The summed E-state index contributed by atoms with van der Waals surface area (Å²) in [6.07, 6.45) is 1.58. The zero-order valence-electron chi connectivity index (χ0n) is 9.97. The van der Waals surface area contributed by atoms with E-state index >= 15 is 0 Å². The average molecular weight is 245 g/mol. The van der Waals surface area contributed by atoms with Gasteiger partial charge < -0.3 is 5.73 Å². The van der Waals surface area contributed by atoms with Gasteiger partial charge in [0, 0.05) is 5.75 Å². The van der Waals surface area contributed by atoms with Crippen LogP contribution in [0.5, 0.6) is 0 Å². The summed E-state index contributed by atoms with van der Waals surface area (Å²) >= 11 is 0. The number of nitrogen functional groups attached to an aromatic ring is 1. The van der Waals surface area contributed by atoms with Gasteiger partial charge in [-0.2, -0.15) is 5.10 Å². The van der Waals surface area contributed by atoms with Crippen LogP contribution in [-0.4, -0.2) is 29.7 Å². The Morgan fingerprint density at radius 2 is 2.12 bits per heavy atom. The summed E-state index contributed by atoms with van der Waals surface area (Å²) in [4.78, 5) is 0. The minimum atomic E-state index is -2.95. The van der Waals surface area contributed by atoms with Gasteiger partial charge in [0.05, 0.1) is 29.9 Å². The van der Waals surface area contributed by atoms with Crippen LogP contribution in [0.15, 0.2) is 6.20 Å². The Balaban J connectivity index is 2.83. The molecule has 0 aromatic carbocycles. The zero-order valence-corrected chi connectivity index (χ0v) is 10.8. The highest BCUT2D eigenvalue weighted by atomic mass is 32.2. The van der Waals surface area contributed by atoms with E-state index in [4.69, 9.17) is 5.73 Å². The van der Waals surface area contributed by atoms with E-state index in [-0.39, 0.29) is 17.4 Å². The lowest BCUT2D eigenvalue weighted by Gasteiger charge is -2.11. The van der Waals surface area contributed by atoms with E-state index in [2.05, 4.69) is 5.10 Å². The second-order valence-corrected chi connectivity index (χ2v) is 6.57. The molecule has 6 heteroatoms. The molecule has 1 rings (SSSR count). The maximum absolute atomic E-state index is 11.4. The number of rotatable bonds is 5. The molecule has 1 heterocycles. The van der Waals surface area contributed by atoms with Crippen LogP contribution in [-0.2, 0) is 16.4 Å². The Hall–Kier alpha value is -1.04. The molecule has 0 fully saturated rings. The molecule has 1 aromatic rings. The van der Waals surface area contributed by atoms with E-state index in [0.717, 1.165) is 5.69 Å². The highest BCUT2D eigenvalue weighted by Crippen LogP contribution is 2.20. The molecule has 0 aliphatic rings. The van der Waals surface area contributed by atoms with Gasteiger partial charge in [-0.25, -0.2) is 8.42 Å². The third-order valence-electron chi connectivity index (χ3n) is 2.51. The largest absolute Gasteiger partial charge is 0.396 e. The summed E-state index contributed by atoms with van der Waals surface area (Å²) in [7, 11) is -2.95. The van der Waals surface area contributed by atoms with Crippen LogP contribution in [0.25, 0.3) is 0 Å². The number of hydrogen-bond donors (Lipinski definition) is 1. The molecule has 16 heavy (non-hydrogen) atoms. The average Bonchev–Trinajstić information content (AvgIpc) is 2.57. The molecule has 0 aliphatic heterocycles. The van der Waals surface area contributed by atoms with Gasteiger partial charge in [-0.3, -0.25) is 4.68 Å². The van der Waals surface area contributed by atoms with Gasteiger partial charge in [-0.1, -0.05) is 20.8 Å². The van der Waals surface area contributed by atoms with Gasteiger partial charge in [0.1, 0.15) is 0 Å². The van der Waals surface area contributed by atoms with Gasteiger partial charge in [0.25, 0.3) is 0 Å². The predicted octanol–water partition coefficient (Wildman–Crippen LogP) is 1.02. The minimum Gasteiger partial charge on any atom is -0.396 e. The highest BCUT2D eigenvalue weighted by molar-refractivity contribution is 7.91. The van der Waals surface area contributed by atoms with Gasteiger partial charge in [-0.15, -0.1) is 0 Å². The number of aryl methyl sites for hydroxylation is 1. The normalized spacial score (nSPS) is 12.2. The summed E-state index contributed by atoms with van der Waals surface area (Å²) in [5.74, 6) is 0.525. The van der Waals surface area contributed by atoms with E-state index in [0.29, 0.717) is 12.2 Å². The fourth-order valence-electron chi connectivity index (χ4n) is 1.59. The van der Waals surface area contributed by atoms with Crippen molar-refractivity contribution in [2.45, 2.75) is 33.2 Å². The second kappa shape index (κ2) is 4.86. The first-order valence-corrected chi connectivity index (χ1v) is 7.21. The molecular weight excluding hydrogens is 226 g/mol. The molecule has 0 atom stereocenters. The molecule has 2 N–H and O–H groups in total. The molecule has 5 nitrogen and oxygen atoms in total. The van der Waals surface area contributed by atoms with Gasteiger partial charge >= 0.3 is 0 Å². The first-order chi connectivity index (χ1) is 7.37. The maximum atomic E-state index is 11.4. The summed E-state index contributed by atoms with van der Waals surface area (Å²) in [5, 5.41) is 4.10. The third kappa shape index (κ3) is 2.98. The van der Waals surface area contributed by atoms with Crippen molar-refractivity contribution < 1.29 is 8.42 Å². The first kappa shape index (κ1) is 13.0. The Bertz CT molecular complexity index is 449. The lowest BCUT2D eigenvalue weighted by Crippen LogP contribution is -2.17. The molecule has 92 valence electrons. The molecule has 0 aliphatic carbocycles. The SMILES string of the molecule is CCS(=O)(=O)CCn1ncc(N)c1C(C)C. The van der Waals surface area contributed by atoms with Crippen LogP contribution < -0.4 is 5.73 Å². The van der Waals surface area contributed by atoms with Crippen LogP contribution >= 0.6 is 0 Å². The fourth-order valence-corrected chi connectivity index (χ4v) is 2.33. The van der Waals surface area contributed by atoms with E-state index in [1.165, 1.54) is 0 Å². The summed E-state index contributed by atoms with van der Waals surface area (Å²) in [6.45, 7) is 6.05. The Morgan fingerprint density at radius 3 is 2.62 bits per heavy atom. The predicted molar refractivity (Wildman–Crippen MR) is 65.1 cm³/mol. The monoisotopic (exact) mass is 245 g/mol. The van der Waals surface area contributed by atoms with Crippen LogP contribution in [0.3, 0.4) is 0 Å². The van der Waals surface area contributed by atoms with Crippen molar-refractivity contribution in [2.75, 3.05) is 17.2 Å². The molecule has 0 bridgehead atoms. The van der Waals surface area contributed by atoms with Crippen LogP contribution in [0.1, 0.15) is 32.4 Å². The molecule has 0 saturated carbocycles. The highest BCUT2D eigenvalue weighted by Gasteiger charge is 2.14. The molecule has 0 unspecified atom stereocenters. The van der Waals surface area contributed by atoms with Crippen LogP contribution in [0.2, 0.25) is 0 Å². The Morgan fingerprint density at radius 1 is 1.50 bits per heavy atom. The van der Waals surface area contributed by atoms with E-state index < -0.39 is 9.84 Å². The number of nitrogens with zero attached hydrogens (tertiary/aromatic N) is 2. The molecular formula is C10H19N3O2S. The number of nitrogens with two attached hydrogens (primary N) is 1. The minimum absolute atomic E-state index is 0.115. The lowest BCUT2D eigenvalue weighted by atomic mass is 10.1.